The number of benzene rings is 2. The standard InChI is InChI=1S/C14H8FN3O2/c15-8-5-6-12-10(7-8)17-14(20-12)18-13-16-9-3-1-2-4-11(9)19-13/h1-7H,(H,16,17,18). The van der Waals surface area contributed by atoms with E-state index in [0.29, 0.717) is 16.7 Å². The first-order chi connectivity index (χ1) is 9.78. The molecule has 0 spiro atoms. The van der Waals surface area contributed by atoms with E-state index in [-0.39, 0.29) is 17.8 Å². The van der Waals surface area contributed by atoms with Crippen molar-refractivity contribution in [2.45, 2.75) is 0 Å². The third kappa shape index (κ3) is 1.78. The van der Waals surface area contributed by atoms with Gasteiger partial charge in [-0.15, -0.1) is 0 Å². The monoisotopic (exact) mass is 269 g/mol. The van der Waals surface area contributed by atoms with Crippen molar-refractivity contribution in [3.63, 3.8) is 0 Å². The Labute approximate surface area is 112 Å². The third-order valence-corrected chi connectivity index (χ3v) is 2.86. The van der Waals surface area contributed by atoms with Gasteiger partial charge in [-0.25, -0.2) is 4.39 Å². The molecule has 0 unspecified atom stereocenters. The molecule has 2 aromatic heterocycles. The Morgan fingerprint density at radius 2 is 1.55 bits per heavy atom. The second kappa shape index (κ2) is 4.06. The summed E-state index contributed by atoms with van der Waals surface area (Å²) in [6, 6.07) is 12.0. The third-order valence-electron chi connectivity index (χ3n) is 2.86. The summed E-state index contributed by atoms with van der Waals surface area (Å²) < 4.78 is 24.0. The van der Waals surface area contributed by atoms with Gasteiger partial charge in [0.1, 0.15) is 16.9 Å². The molecule has 4 aromatic rings. The van der Waals surface area contributed by atoms with Crippen LogP contribution in [0.3, 0.4) is 0 Å². The zero-order chi connectivity index (χ0) is 13.5. The molecule has 0 aliphatic heterocycles. The number of fused-ring (bicyclic) bond motifs is 2. The minimum Gasteiger partial charge on any atom is -0.423 e. The maximum atomic E-state index is 13.1. The van der Waals surface area contributed by atoms with E-state index in [4.69, 9.17) is 8.83 Å². The SMILES string of the molecule is Fc1ccc2oc(Nc3nc4ccccc4o3)nc2c1. The summed E-state index contributed by atoms with van der Waals surface area (Å²) >= 11 is 0. The quantitative estimate of drug-likeness (QED) is 0.598. The molecule has 2 heterocycles. The van der Waals surface area contributed by atoms with Gasteiger partial charge in [0.05, 0.1) is 0 Å². The predicted molar refractivity (Wildman–Crippen MR) is 71.3 cm³/mol. The van der Waals surface area contributed by atoms with Crippen molar-refractivity contribution in [1.82, 2.24) is 9.97 Å². The lowest BCUT2D eigenvalue weighted by atomic mass is 10.3. The first-order valence-corrected chi connectivity index (χ1v) is 5.97. The largest absolute Gasteiger partial charge is 0.423 e. The smallest absolute Gasteiger partial charge is 0.303 e. The van der Waals surface area contributed by atoms with Crippen molar-refractivity contribution < 1.29 is 13.2 Å². The lowest BCUT2D eigenvalue weighted by molar-refractivity contribution is 0.590. The van der Waals surface area contributed by atoms with Crippen LogP contribution < -0.4 is 5.32 Å². The van der Waals surface area contributed by atoms with Gasteiger partial charge in [-0.1, -0.05) is 12.1 Å². The van der Waals surface area contributed by atoms with Crippen molar-refractivity contribution in [3.8, 4) is 0 Å². The molecule has 4 rings (SSSR count). The first kappa shape index (κ1) is 11.0. The number of aromatic nitrogens is 2. The molecule has 0 bridgehead atoms. The van der Waals surface area contributed by atoms with Gasteiger partial charge in [0.15, 0.2) is 11.2 Å². The van der Waals surface area contributed by atoms with Crippen LogP contribution in [0, 0.1) is 5.82 Å². The molecule has 0 aliphatic carbocycles. The Morgan fingerprint density at radius 3 is 2.35 bits per heavy atom. The number of halogens is 1. The first-order valence-electron chi connectivity index (χ1n) is 5.97. The number of anilines is 2. The highest BCUT2D eigenvalue weighted by Gasteiger charge is 2.10. The van der Waals surface area contributed by atoms with E-state index in [1.807, 2.05) is 24.3 Å². The summed E-state index contributed by atoms with van der Waals surface area (Å²) in [7, 11) is 0. The molecular formula is C14H8FN3O2. The fourth-order valence-corrected chi connectivity index (χ4v) is 1.97. The van der Waals surface area contributed by atoms with E-state index in [9.17, 15) is 4.39 Å². The summed E-state index contributed by atoms with van der Waals surface area (Å²) in [5.41, 5.74) is 2.32. The minimum absolute atomic E-state index is 0.206. The number of oxazole rings is 2. The maximum absolute atomic E-state index is 13.1. The summed E-state index contributed by atoms with van der Waals surface area (Å²) in [4.78, 5) is 8.37. The van der Waals surface area contributed by atoms with E-state index in [1.54, 1.807) is 0 Å². The average molecular weight is 269 g/mol. The van der Waals surface area contributed by atoms with Crippen LogP contribution in [0.5, 0.6) is 0 Å². The topological polar surface area (TPSA) is 64.1 Å². The molecule has 0 fully saturated rings. The van der Waals surface area contributed by atoms with Gasteiger partial charge in [-0.3, -0.25) is 5.32 Å². The highest BCUT2D eigenvalue weighted by molar-refractivity contribution is 5.76. The van der Waals surface area contributed by atoms with Crippen molar-refractivity contribution in [2.24, 2.45) is 0 Å². The Bertz CT molecular complexity index is 880. The summed E-state index contributed by atoms with van der Waals surface area (Å²) in [6.07, 6.45) is 0. The van der Waals surface area contributed by atoms with Crippen LogP contribution in [0.4, 0.5) is 16.4 Å². The molecule has 2 aromatic carbocycles. The highest BCUT2D eigenvalue weighted by atomic mass is 19.1. The Morgan fingerprint density at radius 1 is 0.850 bits per heavy atom. The lowest BCUT2D eigenvalue weighted by Gasteiger charge is -1.91. The van der Waals surface area contributed by atoms with Crippen LogP contribution in [0.1, 0.15) is 0 Å². The van der Waals surface area contributed by atoms with E-state index in [0.717, 1.165) is 5.52 Å². The molecule has 1 N–H and O–H groups in total. The molecule has 98 valence electrons. The van der Waals surface area contributed by atoms with Crippen LogP contribution in [0.2, 0.25) is 0 Å². The molecule has 0 aliphatic rings. The van der Waals surface area contributed by atoms with Crippen molar-refractivity contribution in [2.75, 3.05) is 5.32 Å². The van der Waals surface area contributed by atoms with Gasteiger partial charge in [0.25, 0.3) is 0 Å². The predicted octanol–water partition coefficient (Wildman–Crippen LogP) is 3.85. The highest BCUT2D eigenvalue weighted by Crippen LogP contribution is 2.24. The Balaban J connectivity index is 1.72. The lowest BCUT2D eigenvalue weighted by Crippen LogP contribution is -1.89. The second-order valence-corrected chi connectivity index (χ2v) is 4.24. The van der Waals surface area contributed by atoms with Gasteiger partial charge in [0, 0.05) is 6.07 Å². The Kier molecular flexibility index (Phi) is 2.23. The normalized spacial score (nSPS) is 11.2. The Hall–Kier alpha value is -2.89. The van der Waals surface area contributed by atoms with E-state index < -0.39 is 0 Å². The molecular weight excluding hydrogens is 261 g/mol. The van der Waals surface area contributed by atoms with E-state index in [2.05, 4.69) is 15.3 Å². The number of nitrogens with zero attached hydrogens (tertiary/aromatic N) is 2. The van der Waals surface area contributed by atoms with Gasteiger partial charge >= 0.3 is 12.0 Å². The number of hydrogen-bond donors (Lipinski definition) is 1. The van der Waals surface area contributed by atoms with Crippen molar-refractivity contribution >= 4 is 34.2 Å². The number of rotatable bonds is 2. The molecule has 0 amide bonds. The molecule has 5 nitrogen and oxygen atoms in total. The maximum Gasteiger partial charge on any atom is 0.303 e. The van der Waals surface area contributed by atoms with Gasteiger partial charge < -0.3 is 8.83 Å². The van der Waals surface area contributed by atoms with Crippen LogP contribution in [0.15, 0.2) is 51.3 Å². The molecule has 20 heavy (non-hydrogen) atoms. The second-order valence-electron chi connectivity index (χ2n) is 4.24. The van der Waals surface area contributed by atoms with Crippen LogP contribution in [-0.2, 0) is 0 Å². The fraction of sp³-hybridized carbons (Fsp3) is 0. The summed E-state index contributed by atoms with van der Waals surface area (Å²) in [5, 5.41) is 2.82. The van der Waals surface area contributed by atoms with Crippen LogP contribution in [0.25, 0.3) is 22.2 Å². The van der Waals surface area contributed by atoms with Crippen LogP contribution in [-0.4, -0.2) is 9.97 Å². The zero-order valence-corrected chi connectivity index (χ0v) is 10.1. The minimum atomic E-state index is -0.362. The molecule has 0 radical (unpaired) electrons. The number of nitrogens with one attached hydrogen (secondary N) is 1. The fourth-order valence-electron chi connectivity index (χ4n) is 1.97. The number of hydrogen-bond acceptors (Lipinski definition) is 5. The van der Waals surface area contributed by atoms with Crippen molar-refractivity contribution in [3.05, 3.63) is 48.3 Å². The number of para-hydroxylation sites is 2. The summed E-state index contributed by atoms with van der Waals surface area (Å²) in [6.45, 7) is 0. The molecule has 0 atom stereocenters. The van der Waals surface area contributed by atoms with E-state index in [1.165, 1.54) is 18.2 Å². The average Bonchev–Trinajstić information content (AvgIpc) is 3.00. The zero-order valence-electron chi connectivity index (χ0n) is 10.1. The van der Waals surface area contributed by atoms with Gasteiger partial charge in [0.2, 0.25) is 0 Å². The summed E-state index contributed by atoms with van der Waals surface area (Å²) in [5.74, 6) is -0.362. The van der Waals surface area contributed by atoms with Crippen LogP contribution >= 0.6 is 0 Å². The molecule has 0 saturated heterocycles. The van der Waals surface area contributed by atoms with Gasteiger partial charge in [-0.05, 0) is 24.3 Å². The van der Waals surface area contributed by atoms with Crippen molar-refractivity contribution in [1.29, 1.82) is 0 Å². The van der Waals surface area contributed by atoms with Gasteiger partial charge in [-0.2, -0.15) is 9.97 Å². The molecule has 6 heteroatoms. The molecule has 0 saturated carbocycles. The van der Waals surface area contributed by atoms with E-state index >= 15 is 0 Å².